The molecular weight excluding hydrogens is 316 g/mol. The quantitative estimate of drug-likeness (QED) is 0.843. The van der Waals surface area contributed by atoms with E-state index >= 15 is 0 Å². The molecule has 0 unspecified atom stereocenters. The molecule has 1 aromatic rings. The van der Waals surface area contributed by atoms with Crippen LogP contribution in [0.3, 0.4) is 0 Å². The number of hydrogen-bond donors (Lipinski definition) is 2. The molecule has 0 saturated carbocycles. The maximum Gasteiger partial charge on any atom is 0.226 e. The molecule has 138 valence electrons. The number of hydrogen-bond acceptors (Lipinski definition) is 4. The SMILES string of the molecule is O=C(Cc1ccccc1)N1CCC(CN2C[C@H](O)CC[C@@H]2CO)CC1. The van der Waals surface area contributed by atoms with E-state index in [4.69, 9.17) is 0 Å². The Morgan fingerprint density at radius 1 is 1.08 bits per heavy atom. The lowest BCUT2D eigenvalue weighted by Gasteiger charge is -2.41. The van der Waals surface area contributed by atoms with Crippen molar-refractivity contribution >= 4 is 5.91 Å². The molecule has 5 heteroatoms. The highest BCUT2D eigenvalue weighted by Gasteiger charge is 2.30. The Balaban J connectivity index is 1.46. The van der Waals surface area contributed by atoms with E-state index in [2.05, 4.69) is 4.90 Å². The number of piperidine rings is 2. The molecule has 2 aliphatic heterocycles. The standard InChI is InChI=1S/C20H30N2O3/c23-15-18-6-7-19(24)14-22(18)13-17-8-10-21(11-9-17)20(25)12-16-4-2-1-3-5-16/h1-5,17-19,23-24H,6-15H2/t18-,19-/m1/s1. The van der Waals surface area contributed by atoms with Crippen LogP contribution in [0.1, 0.15) is 31.2 Å². The van der Waals surface area contributed by atoms with Gasteiger partial charge in [-0.3, -0.25) is 9.69 Å². The summed E-state index contributed by atoms with van der Waals surface area (Å²) in [6, 6.07) is 10.1. The molecule has 2 aliphatic rings. The third-order valence-corrected chi connectivity index (χ3v) is 5.66. The number of carbonyl (C=O) groups excluding carboxylic acids is 1. The van der Waals surface area contributed by atoms with Crippen LogP contribution in [0.4, 0.5) is 0 Å². The lowest BCUT2D eigenvalue weighted by molar-refractivity contribution is -0.132. The third-order valence-electron chi connectivity index (χ3n) is 5.66. The van der Waals surface area contributed by atoms with E-state index in [1.807, 2.05) is 35.2 Å². The zero-order chi connectivity index (χ0) is 17.6. The molecule has 3 rings (SSSR count). The first-order valence-corrected chi connectivity index (χ1v) is 9.50. The van der Waals surface area contributed by atoms with E-state index in [1.165, 1.54) is 0 Å². The molecule has 2 N–H and O–H groups in total. The number of aliphatic hydroxyl groups excluding tert-OH is 2. The molecule has 0 aliphatic carbocycles. The summed E-state index contributed by atoms with van der Waals surface area (Å²) >= 11 is 0. The minimum absolute atomic E-state index is 0.168. The van der Waals surface area contributed by atoms with Gasteiger partial charge in [0, 0.05) is 32.2 Å². The lowest BCUT2D eigenvalue weighted by atomic mass is 9.92. The molecule has 0 bridgehead atoms. The van der Waals surface area contributed by atoms with E-state index in [9.17, 15) is 15.0 Å². The highest BCUT2D eigenvalue weighted by molar-refractivity contribution is 5.78. The Hall–Kier alpha value is -1.43. The Morgan fingerprint density at radius 2 is 1.80 bits per heavy atom. The van der Waals surface area contributed by atoms with Crippen molar-refractivity contribution in [2.45, 2.75) is 44.2 Å². The fraction of sp³-hybridized carbons (Fsp3) is 0.650. The summed E-state index contributed by atoms with van der Waals surface area (Å²) in [5.41, 5.74) is 1.07. The Labute approximate surface area is 150 Å². The van der Waals surface area contributed by atoms with E-state index in [0.717, 1.165) is 50.9 Å². The van der Waals surface area contributed by atoms with E-state index in [1.54, 1.807) is 0 Å². The van der Waals surface area contributed by atoms with Crippen LogP contribution in [-0.4, -0.2) is 70.9 Å². The van der Waals surface area contributed by atoms with E-state index < -0.39 is 0 Å². The first kappa shape index (κ1) is 18.4. The minimum atomic E-state index is -0.268. The van der Waals surface area contributed by atoms with Crippen molar-refractivity contribution in [2.24, 2.45) is 5.92 Å². The first-order valence-electron chi connectivity index (χ1n) is 9.50. The molecular formula is C20H30N2O3. The van der Waals surface area contributed by atoms with Crippen LogP contribution in [0.2, 0.25) is 0 Å². The summed E-state index contributed by atoms with van der Waals surface area (Å²) < 4.78 is 0. The maximum atomic E-state index is 12.5. The summed E-state index contributed by atoms with van der Waals surface area (Å²) in [4.78, 5) is 16.7. The van der Waals surface area contributed by atoms with Gasteiger partial charge in [0.1, 0.15) is 0 Å². The van der Waals surface area contributed by atoms with Gasteiger partial charge < -0.3 is 15.1 Å². The van der Waals surface area contributed by atoms with Gasteiger partial charge in [-0.05, 0) is 37.2 Å². The fourth-order valence-electron chi connectivity index (χ4n) is 4.09. The van der Waals surface area contributed by atoms with Crippen molar-refractivity contribution in [2.75, 3.05) is 32.8 Å². The number of carbonyl (C=O) groups is 1. The smallest absolute Gasteiger partial charge is 0.226 e. The number of nitrogens with zero attached hydrogens (tertiary/aromatic N) is 2. The van der Waals surface area contributed by atoms with Crippen molar-refractivity contribution in [3.05, 3.63) is 35.9 Å². The van der Waals surface area contributed by atoms with Gasteiger partial charge >= 0.3 is 0 Å². The van der Waals surface area contributed by atoms with Crippen LogP contribution >= 0.6 is 0 Å². The molecule has 2 atom stereocenters. The fourth-order valence-corrected chi connectivity index (χ4v) is 4.09. The zero-order valence-corrected chi connectivity index (χ0v) is 14.9. The van der Waals surface area contributed by atoms with Crippen molar-refractivity contribution in [3.63, 3.8) is 0 Å². The third kappa shape index (κ3) is 5.03. The maximum absolute atomic E-state index is 12.5. The Bertz CT molecular complexity index is 543. The number of aliphatic hydroxyl groups is 2. The first-order chi connectivity index (χ1) is 12.2. The number of amides is 1. The topological polar surface area (TPSA) is 64.0 Å². The molecule has 1 amide bonds. The number of likely N-dealkylation sites (tertiary alicyclic amines) is 2. The van der Waals surface area contributed by atoms with Gasteiger partial charge in [0.05, 0.1) is 19.1 Å². The van der Waals surface area contributed by atoms with Gasteiger partial charge in [-0.15, -0.1) is 0 Å². The molecule has 2 heterocycles. The minimum Gasteiger partial charge on any atom is -0.395 e. The summed E-state index contributed by atoms with van der Waals surface area (Å²) in [7, 11) is 0. The van der Waals surface area contributed by atoms with Gasteiger partial charge in [-0.2, -0.15) is 0 Å². The molecule has 25 heavy (non-hydrogen) atoms. The van der Waals surface area contributed by atoms with Crippen molar-refractivity contribution in [1.82, 2.24) is 9.80 Å². The van der Waals surface area contributed by atoms with Crippen LogP contribution in [0.15, 0.2) is 30.3 Å². The number of benzene rings is 1. The highest BCUT2D eigenvalue weighted by Crippen LogP contribution is 2.24. The predicted molar refractivity (Wildman–Crippen MR) is 97.1 cm³/mol. The Morgan fingerprint density at radius 3 is 2.48 bits per heavy atom. The molecule has 2 saturated heterocycles. The van der Waals surface area contributed by atoms with Gasteiger partial charge in [0.2, 0.25) is 5.91 Å². The molecule has 5 nitrogen and oxygen atoms in total. The lowest BCUT2D eigenvalue weighted by Crippen LogP contribution is -2.50. The van der Waals surface area contributed by atoms with Crippen LogP contribution in [0.5, 0.6) is 0 Å². The predicted octanol–water partition coefficient (Wildman–Crippen LogP) is 1.29. The average molecular weight is 346 g/mol. The van der Waals surface area contributed by atoms with E-state index in [0.29, 0.717) is 18.9 Å². The largest absolute Gasteiger partial charge is 0.395 e. The van der Waals surface area contributed by atoms with Crippen LogP contribution in [-0.2, 0) is 11.2 Å². The average Bonchev–Trinajstić information content (AvgIpc) is 2.63. The Kier molecular flexibility index (Phi) is 6.45. The zero-order valence-electron chi connectivity index (χ0n) is 14.9. The van der Waals surface area contributed by atoms with Crippen molar-refractivity contribution in [1.29, 1.82) is 0 Å². The second kappa shape index (κ2) is 8.79. The van der Waals surface area contributed by atoms with Gasteiger partial charge in [0.25, 0.3) is 0 Å². The molecule has 1 aromatic carbocycles. The van der Waals surface area contributed by atoms with Crippen LogP contribution in [0.25, 0.3) is 0 Å². The summed E-state index contributed by atoms with van der Waals surface area (Å²) in [5.74, 6) is 0.756. The summed E-state index contributed by atoms with van der Waals surface area (Å²) in [6.45, 7) is 3.38. The van der Waals surface area contributed by atoms with Crippen LogP contribution < -0.4 is 0 Å². The summed E-state index contributed by atoms with van der Waals surface area (Å²) in [6.07, 6.45) is 3.88. The van der Waals surface area contributed by atoms with Gasteiger partial charge in [-0.25, -0.2) is 0 Å². The van der Waals surface area contributed by atoms with Crippen molar-refractivity contribution < 1.29 is 15.0 Å². The van der Waals surface area contributed by atoms with Gasteiger partial charge in [0.15, 0.2) is 0 Å². The van der Waals surface area contributed by atoms with Crippen molar-refractivity contribution in [3.8, 4) is 0 Å². The molecule has 0 aromatic heterocycles. The second-order valence-corrected chi connectivity index (χ2v) is 7.51. The molecule has 2 fully saturated rings. The number of rotatable bonds is 5. The normalized spacial score (nSPS) is 25.9. The highest BCUT2D eigenvalue weighted by atomic mass is 16.3. The molecule has 0 radical (unpaired) electrons. The van der Waals surface area contributed by atoms with Crippen LogP contribution in [0, 0.1) is 5.92 Å². The van der Waals surface area contributed by atoms with E-state index in [-0.39, 0.29) is 24.7 Å². The molecule has 0 spiro atoms. The summed E-state index contributed by atoms with van der Waals surface area (Å²) in [5, 5.41) is 19.5. The number of β-amino-alcohol motifs (C(OH)–C–C–N with tert-alkyl or cyclic N) is 1. The van der Waals surface area contributed by atoms with Gasteiger partial charge in [-0.1, -0.05) is 30.3 Å². The second-order valence-electron chi connectivity index (χ2n) is 7.51. The monoisotopic (exact) mass is 346 g/mol.